The molecular weight excluding hydrogens is 398 g/mol. The molecule has 5 nitrogen and oxygen atoms in total. The first kappa shape index (κ1) is 22.4. The van der Waals surface area contributed by atoms with E-state index in [0.29, 0.717) is 18.5 Å². The van der Waals surface area contributed by atoms with Crippen LogP contribution in [0, 0.1) is 5.92 Å². The molecule has 0 spiro atoms. The zero-order chi connectivity index (χ0) is 22.3. The lowest BCUT2D eigenvalue weighted by molar-refractivity contribution is -0.116. The Kier molecular flexibility index (Phi) is 7.46. The molecule has 2 heterocycles. The summed E-state index contributed by atoms with van der Waals surface area (Å²) in [6, 6.07) is 15.9. The molecule has 0 radical (unpaired) electrons. The van der Waals surface area contributed by atoms with Crippen molar-refractivity contribution in [3.63, 3.8) is 0 Å². The molecular formula is C27H35N3O2. The maximum Gasteiger partial charge on any atom is 0.256 e. The van der Waals surface area contributed by atoms with E-state index in [0.717, 1.165) is 74.6 Å². The SMILES string of the molecule is CC1CCN(c2ccc(NC(=O)CCc3ccccc3)cc2C(=O)N2CCCCC2)CC1. The fourth-order valence-electron chi connectivity index (χ4n) is 4.70. The summed E-state index contributed by atoms with van der Waals surface area (Å²) in [6.07, 6.45) is 6.75. The predicted octanol–water partition coefficient (Wildman–Crippen LogP) is 5.12. The lowest BCUT2D eigenvalue weighted by Gasteiger charge is -2.35. The number of amides is 2. The maximum absolute atomic E-state index is 13.5. The highest BCUT2D eigenvalue weighted by Crippen LogP contribution is 2.30. The molecule has 0 aliphatic carbocycles. The quantitative estimate of drug-likeness (QED) is 0.688. The van der Waals surface area contributed by atoms with Gasteiger partial charge in [-0.25, -0.2) is 0 Å². The number of anilines is 2. The molecule has 2 aliphatic rings. The van der Waals surface area contributed by atoms with Gasteiger partial charge in [0.15, 0.2) is 0 Å². The molecule has 170 valence electrons. The van der Waals surface area contributed by atoms with Gasteiger partial charge >= 0.3 is 0 Å². The summed E-state index contributed by atoms with van der Waals surface area (Å²) in [5, 5.41) is 3.02. The molecule has 2 amide bonds. The van der Waals surface area contributed by atoms with Crippen LogP contribution in [0.1, 0.15) is 61.4 Å². The average Bonchev–Trinajstić information content (AvgIpc) is 2.84. The highest BCUT2D eigenvalue weighted by Gasteiger charge is 2.25. The van der Waals surface area contributed by atoms with Crippen LogP contribution in [-0.4, -0.2) is 42.9 Å². The number of aryl methyl sites for hydroxylation is 1. The Hall–Kier alpha value is -2.82. The van der Waals surface area contributed by atoms with E-state index in [2.05, 4.69) is 17.1 Å². The van der Waals surface area contributed by atoms with E-state index in [1.807, 2.05) is 53.4 Å². The van der Waals surface area contributed by atoms with Gasteiger partial charge in [-0.2, -0.15) is 0 Å². The van der Waals surface area contributed by atoms with E-state index < -0.39 is 0 Å². The van der Waals surface area contributed by atoms with E-state index in [-0.39, 0.29) is 11.8 Å². The van der Waals surface area contributed by atoms with E-state index >= 15 is 0 Å². The number of nitrogens with zero attached hydrogens (tertiary/aromatic N) is 2. The van der Waals surface area contributed by atoms with Crippen molar-refractivity contribution in [2.75, 3.05) is 36.4 Å². The number of likely N-dealkylation sites (tertiary alicyclic amines) is 1. The molecule has 2 aromatic rings. The topological polar surface area (TPSA) is 52.7 Å². The molecule has 4 rings (SSSR count). The van der Waals surface area contributed by atoms with Gasteiger partial charge in [-0.3, -0.25) is 9.59 Å². The summed E-state index contributed by atoms with van der Waals surface area (Å²) in [7, 11) is 0. The minimum atomic E-state index is -0.0234. The number of carbonyl (C=O) groups is 2. The Labute approximate surface area is 191 Å². The minimum absolute atomic E-state index is 0.0234. The number of nitrogens with one attached hydrogen (secondary N) is 1. The number of piperidine rings is 2. The van der Waals surface area contributed by atoms with Gasteiger partial charge in [-0.1, -0.05) is 37.3 Å². The molecule has 5 heteroatoms. The standard InChI is InChI=1S/C27H35N3O2/c1-21-14-18-29(19-15-21)25-12-11-23(20-24(25)27(32)30-16-6-3-7-17-30)28-26(31)13-10-22-8-4-2-5-9-22/h2,4-5,8-9,11-12,20-21H,3,6-7,10,13-19H2,1H3,(H,28,31). The lowest BCUT2D eigenvalue weighted by Crippen LogP contribution is -2.38. The highest BCUT2D eigenvalue weighted by atomic mass is 16.2. The third-order valence-electron chi connectivity index (χ3n) is 6.76. The summed E-state index contributed by atoms with van der Waals surface area (Å²) < 4.78 is 0. The van der Waals surface area contributed by atoms with Gasteiger partial charge in [0.25, 0.3) is 5.91 Å². The van der Waals surface area contributed by atoms with Gasteiger partial charge in [0, 0.05) is 44.0 Å². The third-order valence-corrected chi connectivity index (χ3v) is 6.76. The molecule has 0 unspecified atom stereocenters. The number of hydrogen-bond donors (Lipinski definition) is 1. The molecule has 0 saturated carbocycles. The van der Waals surface area contributed by atoms with Crippen LogP contribution in [0.25, 0.3) is 0 Å². The van der Waals surface area contributed by atoms with Gasteiger partial charge in [0.2, 0.25) is 5.91 Å². The van der Waals surface area contributed by atoms with Crippen molar-refractivity contribution in [3.05, 3.63) is 59.7 Å². The molecule has 0 aromatic heterocycles. The third kappa shape index (κ3) is 5.70. The van der Waals surface area contributed by atoms with Crippen molar-refractivity contribution in [1.29, 1.82) is 0 Å². The molecule has 0 bridgehead atoms. The van der Waals surface area contributed by atoms with Gasteiger partial charge in [-0.05, 0) is 68.2 Å². The van der Waals surface area contributed by atoms with E-state index in [1.165, 1.54) is 6.42 Å². The Morgan fingerprint density at radius 1 is 0.938 bits per heavy atom. The maximum atomic E-state index is 13.5. The van der Waals surface area contributed by atoms with Crippen LogP contribution in [0.5, 0.6) is 0 Å². The molecule has 0 atom stereocenters. The Morgan fingerprint density at radius 2 is 1.66 bits per heavy atom. The van der Waals surface area contributed by atoms with Gasteiger partial charge in [-0.15, -0.1) is 0 Å². The second-order valence-electron chi connectivity index (χ2n) is 9.29. The largest absolute Gasteiger partial charge is 0.371 e. The lowest BCUT2D eigenvalue weighted by atomic mass is 9.97. The van der Waals surface area contributed by atoms with Crippen molar-refractivity contribution in [1.82, 2.24) is 4.90 Å². The van der Waals surface area contributed by atoms with Crippen molar-refractivity contribution in [2.45, 2.75) is 51.9 Å². The van der Waals surface area contributed by atoms with E-state index in [1.54, 1.807) is 0 Å². The number of rotatable bonds is 6. The van der Waals surface area contributed by atoms with Gasteiger partial charge in [0.1, 0.15) is 0 Å². The molecule has 32 heavy (non-hydrogen) atoms. The second-order valence-corrected chi connectivity index (χ2v) is 9.29. The normalized spacial score (nSPS) is 17.3. The van der Waals surface area contributed by atoms with Crippen molar-refractivity contribution < 1.29 is 9.59 Å². The first-order chi connectivity index (χ1) is 15.6. The Balaban J connectivity index is 1.50. The summed E-state index contributed by atoms with van der Waals surface area (Å²) in [5.74, 6) is 0.805. The minimum Gasteiger partial charge on any atom is -0.371 e. The predicted molar refractivity (Wildman–Crippen MR) is 130 cm³/mol. The summed E-state index contributed by atoms with van der Waals surface area (Å²) in [4.78, 5) is 30.4. The Bertz CT molecular complexity index is 914. The van der Waals surface area contributed by atoms with Crippen LogP contribution in [-0.2, 0) is 11.2 Å². The monoisotopic (exact) mass is 433 g/mol. The molecule has 2 saturated heterocycles. The van der Waals surface area contributed by atoms with Gasteiger partial charge < -0.3 is 15.1 Å². The second kappa shape index (κ2) is 10.7. The summed E-state index contributed by atoms with van der Waals surface area (Å²) in [6.45, 7) is 5.89. The van der Waals surface area contributed by atoms with Crippen LogP contribution in [0.2, 0.25) is 0 Å². The average molecular weight is 434 g/mol. The van der Waals surface area contributed by atoms with Crippen LogP contribution < -0.4 is 10.2 Å². The number of benzene rings is 2. The van der Waals surface area contributed by atoms with Crippen LogP contribution in [0.15, 0.2) is 48.5 Å². The first-order valence-corrected chi connectivity index (χ1v) is 12.1. The summed E-state index contributed by atoms with van der Waals surface area (Å²) >= 11 is 0. The number of carbonyl (C=O) groups excluding carboxylic acids is 2. The Morgan fingerprint density at radius 3 is 2.38 bits per heavy atom. The van der Waals surface area contributed by atoms with Crippen LogP contribution in [0.3, 0.4) is 0 Å². The van der Waals surface area contributed by atoms with E-state index in [4.69, 9.17) is 0 Å². The molecule has 2 aliphatic heterocycles. The van der Waals surface area contributed by atoms with Crippen LogP contribution >= 0.6 is 0 Å². The molecule has 2 aromatic carbocycles. The fraction of sp³-hybridized carbons (Fsp3) is 0.481. The van der Waals surface area contributed by atoms with E-state index in [9.17, 15) is 9.59 Å². The number of hydrogen-bond acceptors (Lipinski definition) is 3. The zero-order valence-corrected chi connectivity index (χ0v) is 19.2. The van der Waals surface area contributed by atoms with Crippen LogP contribution in [0.4, 0.5) is 11.4 Å². The first-order valence-electron chi connectivity index (χ1n) is 12.1. The van der Waals surface area contributed by atoms with Crippen molar-refractivity contribution in [3.8, 4) is 0 Å². The van der Waals surface area contributed by atoms with Gasteiger partial charge in [0.05, 0.1) is 5.56 Å². The fourth-order valence-corrected chi connectivity index (χ4v) is 4.70. The molecule has 2 fully saturated rings. The molecule has 1 N–H and O–H groups in total. The highest BCUT2D eigenvalue weighted by molar-refractivity contribution is 6.02. The smallest absolute Gasteiger partial charge is 0.256 e. The summed E-state index contributed by atoms with van der Waals surface area (Å²) in [5.41, 5.74) is 3.59. The zero-order valence-electron chi connectivity index (χ0n) is 19.2. The van der Waals surface area contributed by atoms with Crippen molar-refractivity contribution in [2.24, 2.45) is 5.92 Å². The van der Waals surface area contributed by atoms with Crippen molar-refractivity contribution >= 4 is 23.2 Å².